The standard InChI is InChI=1S/C19H18ClFN4O3S2/c1-19(2,3)17-23-24-18(29-17)22-16(26)11-4-9-14(20)15(10-11)30(27,28)25-13-7-5-12(21)6-8-13/h4-10,25H,1-3H3,(H,22,24,26). The van der Waals surface area contributed by atoms with Crippen molar-refractivity contribution in [1.29, 1.82) is 0 Å². The summed E-state index contributed by atoms with van der Waals surface area (Å²) < 4.78 is 40.8. The van der Waals surface area contributed by atoms with Crippen molar-refractivity contribution in [1.82, 2.24) is 10.2 Å². The smallest absolute Gasteiger partial charge is 0.263 e. The van der Waals surface area contributed by atoms with Crippen molar-refractivity contribution in [2.24, 2.45) is 0 Å². The van der Waals surface area contributed by atoms with Gasteiger partial charge in [0.05, 0.1) is 5.02 Å². The molecule has 0 bridgehead atoms. The number of halogens is 2. The van der Waals surface area contributed by atoms with Crippen molar-refractivity contribution in [3.05, 3.63) is 63.9 Å². The number of carbonyl (C=O) groups is 1. The lowest BCUT2D eigenvalue weighted by molar-refractivity contribution is 0.102. The Morgan fingerprint density at radius 1 is 1.10 bits per heavy atom. The Hall–Kier alpha value is -2.56. The predicted molar refractivity (Wildman–Crippen MR) is 115 cm³/mol. The van der Waals surface area contributed by atoms with Gasteiger partial charge in [-0.25, -0.2) is 12.8 Å². The van der Waals surface area contributed by atoms with Gasteiger partial charge in [-0.3, -0.25) is 14.8 Å². The summed E-state index contributed by atoms with van der Waals surface area (Å²) in [6, 6.07) is 8.68. The maximum absolute atomic E-state index is 13.0. The van der Waals surface area contributed by atoms with Crippen molar-refractivity contribution in [3.63, 3.8) is 0 Å². The maximum Gasteiger partial charge on any atom is 0.263 e. The van der Waals surface area contributed by atoms with Gasteiger partial charge in [-0.15, -0.1) is 10.2 Å². The number of hydrogen-bond acceptors (Lipinski definition) is 6. The lowest BCUT2D eigenvalue weighted by Crippen LogP contribution is -2.16. The first-order valence-corrected chi connectivity index (χ1v) is 11.4. The number of carbonyl (C=O) groups excluding carboxylic acids is 1. The molecule has 0 aliphatic carbocycles. The average molecular weight is 469 g/mol. The van der Waals surface area contributed by atoms with Gasteiger partial charge in [0, 0.05) is 16.7 Å². The highest BCUT2D eigenvalue weighted by Crippen LogP contribution is 2.29. The molecule has 11 heteroatoms. The number of rotatable bonds is 5. The van der Waals surface area contributed by atoms with Gasteiger partial charge in [-0.1, -0.05) is 43.7 Å². The number of aromatic nitrogens is 2. The zero-order valence-corrected chi connectivity index (χ0v) is 18.6. The van der Waals surface area contributed by atoms with Crippen LogP contribution in [0.1, 0.15) is 36.1 Å². The Bertz CT molecular complexity index is 1190. The van der Waals surface area contributed by atoms with E-state index in [0.29, 0.717) is 5.13 Å². The van der Waals surface area contributed by atoms with E-state index in [1.807, 2.05) is 20.8 Å². The molecule has 0 atom stereocenters. The first-order chi connectivity index (χ1) is 14.0. The van der Waals surface area contributed by atoms with Crippen LogP contribution in [0.25, 0.3) is 0 Å². The Labute approximate surface area is 182 Å². The highest BCUT2D eigenvalue weighted by atomic mass is 35.5. The van der Waals surface area contributed by atoms with Crippen molar-refractivity contribution in [3.8, 4) is 0 Å². The number of anilines is 2. The number of benzene rings is 2. The van der Waals surface area contributed by atoms with Crippen molar-refractivity contribution in [2.45, 2.75) is 31.1 Å². The molecule has 0 aliphatic heterocycles. The molecule has 0 saturated heterocycles. The van der Waals surface area contributed by atoms with Gasteiger partial charge in [0.25, 0.3) is 15.9 Å². The van der Waals surface area contributed by atoms with E-state index >= 15 is 0 Å². The fourth-order valence-corrected chi connectivity index (χ4v) is 4.71. The summed E-state index contributed by atoms with van der Waals surface area (Å²) in [5, 5.41) is 11.6. The Kier molecular flexibility index (Phi) is 6.11. The largest absolute Gasteiger partial charge is 0.296 e. The van der Waals surface area contributed by atoms with Gasteiger partial charge in [-0.05, 0) is 42.5 Å². The second-order valence-electron chi connectivity index (χ2n) is 7.37. The lowest BCUT2D eigenvalue weighted by Gasteiger charge is -2.12. The molecule has 0 aliphatic rings. The average Bonchev–Trinajstić information content (AvgIpc) is 3.12. The van der Waals surface area contributed by atoms with Crippen LogP contribution in [0.4, 0.5) is 15.2 Å². The minimum atomic E-state index is -4.11. The molecule has 3 rings (SSSR count). The van der Waals surface area contributed by atoms with E-state index in [1.165, 1.54) is 35.6 Å². The molecule has 1 heterocycles. The lowest BCUT2D eigenvalue weighted by atomic mass is 9.98. The Balaban J connectivity index is 1.84. The molecule has 0 radical (unpaired) electrons. The summed E-state index contributed by atoms with van der Waals surface area (Å²) in [5.74, 6) is -1.05. The molecule has 7 nitrogen and oxygen atoms in total. The summed E-state index contributed by atoms with van der Waals surface area (Å²) in [7, 11) is -4.11. The van der Waals surface area contributed by atoms with Crippen LogP contribution >= 0.6 is 22.9 Å². The van der Waals surface area contributed by atoms with E-state index < -0.39 is 21.7 Å². The molecule has 0 saturated carbocycles. The highest BCUT2D eigenvalue weighted by molar-refractivity contribution is 7.92. The number of sulfonamides is 1. The van der Waals surface area contributed by atoms with Crippen LogP contribution in [0.2, 0.25) is 5.02 Å². The highest BCUT2D eigenvalue weighted by Gasteiger charge is 2.23. The van der Waals surface area contributed by atoms with Crippen molar-refractivity contribution >= 4 is 49.7 Å². The molecule has 1 aromatic heterocycles. The summed E-state index contributed by atoms with van der Waals surface area (Å²) >= 11 is 7.30. The molecule has 2 aromatic carbocycles. The van der Waals surface area contributed by atoms with E-state index in [2.05, 4.69) is 20.2 Å². The Morgan fingerprint density at radius 2 is 1.77 bits per heavy atom. The topological polar surface area (TPSA) is 101 Å². The van der Waals surface area contributed by atoms with Gasteiger partial charge in [-0.2, -0.15) is 0 Å². The molecule has 0 unspecified atom stereocenters. The third-order valence-corrected chi connectivity index (χ3v) is 6.99. The first kappa shape index (κ1) is 22.1. The molecule has 3 aromatic rings. The molecule has 0 fully saturated rings. The Morgan fingerprint density at radius 3 is 2.37 bits per heavy atom. The quantitative estimate of drug-likeness (QED) is 0.566. The molecule has 1 amide bonds. The number of nitrogens with one attached hydrogen (secondary N) is 2. The van der Waals surface area contributed by atoms with Crippen molar-refractivity contribution in [2.75, 3.05) is 10.0 Å². The van der Waals surface area contributed by atoms with E-state index in [9.17, 15) is 17.6 Å². The first-order valence-electron chi connectivity index (χ1n) is 8.69. The second-order valence-corrected chi connectivity index (χ2v) is 10.4. The van der Waals surface area contributed by atoms with Gasteiger partial charge in [0.15, 0.2) is 0 Å². The summed E-state index contributed by atoms with van der Waals surface area (Å²) in [6.45, 7) is 5.93. The number of hydrogen-bond donors (Lipinski definition) is 2. The normalized spacial score (nSPS) is 11.9. The van der Waals surface area contributed by atoms with Gasteiger partial charge in [0.1, 0.15) is 15.7 Å². The van der Waals surface area contributed by atoms with Crippen LogP contribution in [0, 0.1) is 5.82 Å². The molecular weight excluding hydrogens is 451 g/mol. The van der Waals surface area contributed by atoms with Crippen LogP contribution in [-0.2, 0) is 15.4 Å². The third kappa shape index (κ3) is 5.13. The summed E-state index contributed by atoms with van der Waals surface area (Å²) in [5.41, 5.74) is 0.0195. The SMILES string of the molecule is CC(C)(C)c1nnc(NC(=O)c2ccc(Cl)c(S(=O)(=O)Nc3ccc(F)cc3)c2)s1. The van der Waals surface area contributed by atoms with Crippen LogP contribution in [0.5, 0.6) is 0 Å². The summed E-state index contributed by atoms with van der Waals surface area (Å²) in [4.78, 5) is 12.3. The zero-order valence-electron chi connectivity index (χ0n) is 16.2. The molecular formula is C19H18ClFN4O3S2. The summed E-state index contributed by atoms with van der Waals surface area (Å²) in [6.07, 6.45) is 0. The molecule has 2 N–H and O–H groups in total. The van der Waals surface area contributed by atoms with Crippen LogP contribution in [-0.4, -0.2) is 24.5 Å². The second kappa shape index (κ2) is 8.29. The van der Waals surface area contributed by atoms with Gasteiger partial charge in [0.2, 0.25) is 5.13 Å². The van der Waals surface area contributed by atoms with Gasteiger partial charge < -0.3 is 0 Å². The minimum Gasteiger partial charge on any atom is -0.296 e. The molecule has 30 heavy (non-hydrogen) atoms. The fraction of sp³-hybridized carbons (Fsp3) is 0.211. The number of amides is 1. The predicted octanol–water partition coefficient (Wildman–Crippen LogP) is 4.68. The van der Waals surface area contributed by atoms with E-state index in [1.54, 1.807) is 0 Å². The monoisotopic (exact) mass is 468 g/mol. The maximum atomic E-state index is 13.0. The third-order valence-electron chi connectivity index (χ3n) is 3.87. The zero-order chi connectivity index (χ0) is 22.1. The molecule has 0 spiro atoms. The van der Waals surface area contributed by atoms with Gasteiger partial charge >= 0.3 is 0 Å². The van der Waals surface area contributed by atoms with Crippen LogP contribution in [0.15, 0.2) is 47.4 Å². The van der Waals surface area contributed by atoms with Crippen LogP contribution in [0.3, 0.4) is 0 Å². The van der Waals surface area contributed by atoms with E-state index in [-0.39, 0.29) is 26.6 Å². The van der Waals surface area contributed by atoms with E-state index in [0.717, 1.165) is 23.2 Å². The minimum absolute atomic E-state index is 0.0629. The van der Waals surface area contributed by atoms with Crippen LogP contribution < -0.4 is 10.0 Å². The fourth-order valence-electron chi connectivity index (χ4n) is 2.32. The number of nitrogens with zero attached hydrogens (tertiary/aromatic N) is 2. The van der Waals surface area contributed by atoms with Crippen molar-refractivity contribution < 1.29 is 17.6 Å². The molecule has 158 valence electrons. The van der Waals surface area contributed by atoms with E-state index in [4.69, 9.17) is 11.6 Å².